The summed E-state index contributed by atoms with van der Waals surface area (Å²) in [7, 11) is 5.60. The number of amides is 2. The van der Waals surface area contributed by atoms with Gasteiger partial charge in [0.15, 0.2) is 0 Å². The lowest BCUT2D eigenvalue weighted by molar-refractivity contribution is 0.188. The van der Waals surface area contributed by atoms with E-state index in [1.54, 1.807) is 13.3 Å². The summed E-state index contributed by atoms with van der Waals surface area (Å²) < 4.78 is 9.41. The zero-order valence-corrected chi connectivity index (χ0v) is 17.1. The van der Waals surface area contributed by atoms with Crippen molar-refractivity contribution in [2.24, 2.45) is 14.1 Å². The maximum absolute atomic E-state index is 13.3. The Hall–Kier alpha value is -3.22. The molecular weight excluding hydrogens is 366 g/mol. The van der Waals surface area contributed by atoms with E-state index in [1.807, 2.05) is 66.3 Å². The van der Waals surface area contributed by atoms with Gasteiger partial charge in [0, 0.05) is 44.9 Å². The fraction of sp³-hybridized carbons (Fsp3) is 0.364. The van der Waals surface area contributed by atoms with Gasteiger partial charge in [-0.25, -0.2) is 9.78 Å². The zero-order valence-electron chi connectivity index (χ0n) is 17.1. The Kier molecular flexibility index (Phi) is 5.29. The Labute approximate surface area is 170 Å². The van der Waals surface area contributed by atoms with Crippen LogP contribution in [0.3, 0.4) is 0 Å². The van der Waals surface area contributed by atoms with Gasteiger partial charge in [-0.05, 0) is 42.7 Å². The van der Waals surface area contributed by atoms with Crippen LogP contribution in [0.2, 0.25) is 0 Å². The molecule has 2 aromatic heterocycles. The summed E-state index contributed by atoms with van der Waals surface area (Å²) in [5.74, 6) is 1.53. The summed E-state index contributed by atoms with van der Waals surface area (Å²) in [5.41, 5.74) is 2.09. The molecular formula is C22H27N5O2. The number of aromatic nitrogens is 3. The molecule has 3 heterocycles. The minimum atomic E-state index is -0.368. The first-order valence-electron chi connectivity index (χ1n) is 9.88. The molecule has 1 fully saturated rings. The summed E-state index contributed by atoms with van der Waals surface area (Å²) in [6.07, 6.45) is 7.62. The van der Waals surface area contributed by atoms with Crippen LogP contribution in [0, 0.1) is 0 Å². The highest BCUT2D eigenvalue weighted by Gasteiger charge is 2.33. The smallest absolute Gasteiger partial charge is 0.318 e. The molecule has 1 aromatic carbocycles. The number of carbonyl (C=O) groups is 1. The Morgan fingerprint density at radius 2 is 2.07 bits per heavy atom. The molecule has 2 unspecified atom stereocenters. The summed E-state index contributed by atoms with van der Waals surface area (Å²) in [4.78, 5) is 19.8. The molecule has 3 aromatic rings. The second-order valence-electron chi connectivity index (χ2n) is 7.45. The van der Waals surface area contributed by atoms with E-state index in [1.165, 1.54) is 0 Å². The van der Waals surface area contributed by atoms with Gasteiger partial charge in [-0.2, -0.15) is 0 Å². The van der Waals surface area contributed by atoms with Gasteiger partial charge in [-0.15, -0.1) is 0 Å². The van der Waals surface area contributed by atoms with Crippen LogP contribution in [-0.4, -0.2) is 38.7 Å². The first kappa shape index (κ1) is 19.1. The van der Waals surface area contributed by atoms with E-state index in [2.05, 4.69) is 20.9 Å². The molecule has 1 aliphatic rings. The van der Waals surface area contributed by atoms with Gasteiger partial charge in [0.2, 0.25) is 0 Å². The van der Waals surface area contributed by atoms with Crippen molar-refractivity contribution >= 4 is 6.03 Å². The second kappa shape index (κ2) is 8.03. The number of benzene rings is 1. The number of rotatable bonds is 5. The largest absolute Gasteiger partial charge is 0.497 e. The second-order valence-corrected chi connectivity index (χ2v) is 7.45. The number of imidazole rings is 1. The molecule has 7 nitrogen and oxygen atoms in total. The SMILES string of the molecule is COc1cccc(C(NC(=O)N2CCCC2c2cccn2C)c2nccn2C)c1. The highest BCUT2D eigenvalue weighted by Crippen LogP contribution is 2.33. The van der Waals surface area contributed by atoms with Crippen LogP contribution < -0.4 is 10.1 Å². The Morgan fingerprint density at radius 3 is 2.76 bits per heavy atom. The van der Waals surface area contributed by atoms with Crippen molar-refractivity contribution < 1.29 is 9.53 Å². The van der Waals surface area contributed by atoms with Gasteiger partial charge in [-0.1, -0.05) is 12.1 Å². The minimum absolute atomic E-state index is 0.0791. The van der Waals surface area contributed by atoms with Crippen molar-refractivity contribution in [1.29, 1.82) is 0 Å². The van der Waals surface area contributed by atoms with Crippen LogP contribution in [0.25, 0.3) is 0 Å². The van der Waals surface area contributed by atoms with E-state index < -0.39 is 0 Å². The summed E-state index contributed by atoms with van der Waals surface area (Å²) >= 11 is 0. The molecule has 1 aliphatic heterocycles. The lowest BCUT2D eigenvalue weighted by Gasteiger charge is -2.28. The van der Waals surface area contributed by atoms with Crippen LogP contribution in [-0.2, 0) is 14.1 Å². The third kappa shape index (κ3) is 3.72. The number of nitrogens with zero attached hydrogens (tertiary/aromatic N) is 4. The zero-order chi connectivity index (χ0) is 20.4. The van der Waals surface area contributed by atoms with Crippen molar-refractivity contribution in [1.82, 2.24) is 24.3 Å². The molecule has 1 saturated heterocycles. The van der Waals surface area contributed by atoms with Gasteiger partial charge >= 0.3 is 6.03 Å². The first-order chi connectivity index (χ1) is 14.1. The maximum Gasteiger partial charge on any atom is 0.318 e. The number of nitrogens with one attached hydrogen (secondary N) is 1. The Balaban J connectivity index is 1.63. The molecule has 2 atom stereocenters. The lowest BCUT2D eigenvalue weighted by atomic mass is 10.1. The van der Waals surface area contributed by atoms with Crippen molar-refractivity contribution in [3.63, 3.8) is 0 Å². The standard InChI is InChI=1S/C22H27N5O2/c1-25-12-5-9-18(25)19-10-6-13-27(19)22(28)24-20(21-23-11-14-26(21)2)16-7-4-8-17(15-16)29-3/h4-5,7-9,11-12,14-15,19-20H,6,10,13H2,1-3H3,(H,24,28). The molecule has 0 radical (unpaired) electrons. The minimum Gasteiger partial charge on any atom is -0.497 e. The van der Waals surface area contributed by atoms with Gasteiger partial charge in [0.25, 0.3) is 0 Å². The number of urea groups is 1. The van der Waals surface area contributed by atoms with Crippen molar-refractivity contribution in [2.45, 2.75) is 24.9 Å². The van der Waals surface area contributed by atoms with Crippen LogP contribution in [0.15, 0.2) is 55.0 Å². The third-order valence-electron chi connectivity index (χ3n) is 5.65. The maximum atomic E-state index is 13.3. The average Bonchev–Trinajstić information content (AvgIpc) is 3.47. The third-order valence-corrected chi connectivity index (χ3v) is 5.65. The molecule has 4 rings (SSSR count). The number of methoxy groups -OCH3 is 1. The van der Waals surface area contributed by atoms with E-state index in [4.69, 9.17) is 4.74 Å². The predicted molar refractivity (Wildman–Crippen MR) is 111 cm³/mol. The van der Waals surface area contributed by atoms with E-state index in [0.29, 0.717) is 0 Å². The molecule has 0 aliphatic carbocycles. The van der Waals surface area contributed by atoms with Crippen molar-refractivity contribution in [3.8, 4) is 5.75 Å². The van der Waals surface area contributed by atoms with Crippen LogP contribution >= 0.6 is 0 Å². The highest BCUT2D eigenvalue weighted by atomic mass is 16.5. The number of ether oxygens (including phenoxy) is 1. The molecule has 2 amide bonds. The average molecular weight is 393 g/mol. The van der Waals surface area contributed by atoms with Gasteiger partial charge in [0.1, 0.15) is 17.6 Å². The van der Waals surface area contributed by atoms with Crippen LogP contribution in [0.4, 0.5) is 4.79 Å². The molecule has 7 heteroatoms. The van der Waals surface area contributed by atoms with E-state index in [-0.39, 0.29) is 18.1 Å². The normalized spacial score (nSPS) is 17.3. The molecule has 0 bridgehead atoms. The monoisotopic (exact) mass is 393 g/mol. The van der Waals surface area contributed by atoms with Crippen molar-refractivity contribution in [3.05, 3.63) is 72.1 Å². The van der Waals surface area contributed by atoms with Gasteiger partial charge < -0.3 is 24.1 Å². The number of hydrogen-bond donors (Lipinski definition) is 1. The topological polar surface area (TPSA) is 64.3 Å². The number of carbonyl (C=O) groups excluding carboxylic acids is 1. The summed E-state index contributed by atoms with van der Waals surface area (Å²) in [6.45, 7) is 0.743. The molecule has 29 heavy (non-hydrogen) atoms. The van der Waals surface area contributed by atoms with Gasteiger partial charge in [-0.3, -0.25) is 0 Å². The molecule has 0 spiro atoms. The van der Waals surface area contributed by atoms with Gasteiger partial charge in [0.05, 0.1) is 13.2 Å². The first-order valence-corrected chi connectivity index (χ1v) is 9.88. The molecule has 1 N–H and O–H groups in total. The van der Waals surface area contributed by atoms with Crippen molar-refractivity contribution in [2.75, 3.05) is 13.7 Å². The predicted octanol–water partition coefficient (Wildman–Crippen LogP) is 3.40. The van der Waals surface area contributed by atoms with E-state index >= 15 is 0 Å². The lowest BCUT2D eigenvalue weighted by Crippen LogP contribution is -2.42. The summed E-state index contributed by atoms with van der Waals surface area (Å²) in [6, 6.07) is 11.5. The molecule has 152 valence electrons. The fourth-order valence-corrected chi connectivity index (χ4v) is 4.12. The Bertz CT molecular complexity index is 993. The Morgan fingerprint density at radius 1 is 1.21 bits per heavy atom. The highest BCUT2D eigenvalue weighted by molar-refractivity contribution is 5.76. The summed E-state index contributed by atoms with van der Waals surface area (Å²) in [5, 5.41) is 3.22. The van der Waals surface area contributed by atoms with E-state index in [0.717, 1.165) is 42.2 Å². The van der Waals surface area contributed by atoms with Crippen LogP contribution in [0.5, 0.6) is 5.75 Å². The number of aryl methyl sites for hydroxylation is 2. The quantitative estimate of drug-likeness (QED) is 0.723. The molecule has 0 saturated carbocycles. The van der Waals surface area contributed by atoms with E-state index in [9.17, 15) is 4.79 Å². The number of hydrogen-bond acceptors (Lipinski definition) is 3. The van der Waals surface area contributed by atoms with Crippen LogP contribution in [0.1, 0.15) is 42.0 Å². The fourth-order valence-electron chi connectivity index (χ4n) is 4.12. The number of likely N-dealkylation sites (tertiary alicyclic amines) is 1.